The number of hydrogen-bond acceptors (Lipinski definition) is 5. The maximum atomic E-state index is 12.6. The van der Waals surface area contributed by atoms with Gasteiger partial charge in [0, 0.05) is 11.1 Å². The Morgan fingerprint density at radius 1 is 0.867 bits per heavy atom. The van der Waals surface area contributed by atoms with Crippen LogP contribution in [0.25, 0.3) is 17.1 Å². The second-order valence-electron chi connectivity index (χ2n) is 6.51. The SMILES string of the molecule is NC(=O)c1ccc(COC(=O)c2nc(-c3ccccc3)n(-c3ccccc3)n2)cc1. The van der Waals surface area contributed by atoms with E-state index in [9.17, 15) is 9.59 Å². The number of nitrogens with two attached hydrogens (primary N) is 1. The van der Waals surface area contributed by atoms with E-state index in [1.807, 2.05) is 60.7 Å². The van der Waals surface area contributed by atoms with E-state index in [0.29, 0.717) is 11.4 Å². The zero-order valence-electron chi connectivity index (χ0n) is 15.9. The number of rotatable bonds is 6. The number of primary amides is 1. The molecule has 0 aliphatic heterocycles. The highest BCUT2D eigenvalue weighted by molar-refractivity contribution is 5.92. The number of aromatic nitrogens is 3. The molecule has 1 amide bonds. The second kappa shape index (κ2) is 8.40. The summed E-state index contributed by atoms with van der Waals surface area (Å²) in [6.45, 7) is 0.0262. The van der Waals surface area contributed by atoms with Crippen LogP contribution in [0.4, 0.5) is 0 Å². The van der Waals surface area contributed by atoms with Crippen molar-refractivity contribution in [3.05, 3.63) is 102 Å². The van der Waals surface area contributed by atoms with E-state index < -0.39 is 11.9 Å². The zero-order chi connectivity index (χ0) is 20.9. The van der Waals surface area contributed by atoms with Crippen molar-refractivity contribution in [3.63, 3.8) is 0 Å². The number of benzene rings is 3. The van der Waals surface area contributed by atoms with Crippen molar-refractivity contribution >= 4 is 11.9 Å². The van der Waals surface area contributed by atoms with E-state index in [4.69, 9.17) is 10.5 Å². The summed E-state index contributed by atoms with van der Waals surface area (Å²) < 4.78 is 6.98. The minimum absolute atomic E-state index is 0.0262. The Balaban J connectivity index is 1.58. The molecule has 0 unspecified atom stereocenters. The molecule has 1 heterocycles. The number of esters is 1. The third kappa shape index (κ3) is 4.10. The van der Waals surface area contributed by atoms with Crippen LogP contribution in [0.15, 0.2) is 84.9 Å². The predicted molar refractivity (Wildman–Crippen MR) is 111 cm³/mol. The van der Waals surface area contributed by atoms with Crippen LogP contribution in [0.5, 0.6) is 0 Å². The fraction of sp³-hybridized carbons (Fsp3) is 0.0435. The predicted octanol–water partition coefficient (Wildman–Crippen LogP) is 3.39. The van der Waals surface area contributed by atoms with Gasteiger partial charge < -0.3 is 10.5 Å². The molecule has 0 saturated carbocycles. The number of carbonyl (C=O) groups is 2. The van der Waals surface area contributed by atoms with Gasteiger partial charge in [0.15, 0.2) is 5.82 Å². The van der Waals surface area contributed by atoms with Crippen molar-refractivity contribution in [1.82, 2.24) is 14.8 Å². The lowest BCUT2D eigenvalue weighted by Gasteiger charge is -2.05. The summed E-state index contributed by atoms with van der Waals surface area (Å²) in [5.41, 5.74) is 7.95. The summed E-state index contributed by atoms with van der Waals surface area (Å²) in [5, 5.41) is 4.38. The molecule has 0 fully saturated rings. The van der Waals surface area contributed by atoms with Gasteiger partial charge in [-0.15, -0.1) is 5.10 Å². The summed E-state index contributed by atoms with van der Waals surface area (Å²) in [6, 6.07) is 25.5. The Bertz CT molecular complexity index is 1110. The van der Waals surface area contributed by atoms with Crippen LogP contribution in [0, 0.1) is 0 Å². The monoisotopic (exact) mass is 398 g/mol. The van der Waals surface area contributed by atoms with Crippen molar-refractivity contribution in [2.24, 2.45) is 5.73 Å². The van der Waals surface area contributed by atoms with Gasteiger partial charge in [-0.1, -0.05) is 60.7 Å². The number of nitrogens with zero attached hydrogens (tertiary/aromatic N) is 3. The van der Waals surface area contributed by atoms with Crippen LogP contribution in [0.2, 0.25) is 0 Å². The molecule has 0 radical (unpaired) electrons. The molecule has 1 aromatic heterocycles. The molecular weight excluding hydrogens is 380 g/mol. The molecule has 4 rings (SSSR count). The van der Waals surface area contributed by atoms with Gasteiger partial charge in [0.1, 0.15) is 6.61 Å². The molecule has 0 bridgehead atoms. The van der Waals surface area contributed by atoms with Crippen LogP contribution in [-0.4, -0.2) is 26.6 Å². The first-order chi connectivity index (χ1) is 14.6. The summed E-state index contributed by atoms with van der Waals surface area (Å²) >= 11 is 0. The first-order valence-electron chi connectivity index (χ1n) is 9.25. The van der Waals surface area contributed by atoms with Crippen molar-refractivity contribution in [1.29, 1.82) is 0 Å². The van der Waals surface area contributed by atoms with Crippen molar-refractivity contribution < 1.29 is 14.3 Å². The molecule has 3 aromatic carbocycles. The van der Waals surface area contributed by atoms with Crippen LogP contribution in [0.3, 0.4) is 0 Å². The van der Waals surface area contributed by atoms with Gasteiger partial charge in [0.05, 0.1) is 5.69 Å². The van der Waals surface area contributed by atoms with Crippen LogP contribution in [-0.2, 0) is 11.3 Å². The Morgan fingerprint density at radius 2 is 1.50 bits per heavy atom. The van der Waals surface area contributed by atoms with E-state index >= 15 is 0 Å². The van der Waals surface area contributed by atoms with E-state index in [0.717, 1.165) is 16.8 Å². The Morgan fingerprint density at radius 3 is 2.13 bits per heavy atom. The van der Waals surface area contributed by atoms with Gasteiger partial charge in [-0.2, -0.15) is 0 Å². The van der Waals surface area contributed by atoms with E-state index in [-0.39, 0.29) is 12.4 Å². The van der Waals surface area contributed by atoms with E-state index in [1.165, 1.54) is 0 Å². The van der Waals surface area contributed by atoms with Gasteiger partial charge in [-0.05, 0) is 29.8 Å². The highest BCUT2D eigenvalue weighted by Gasteiger charge is 2.20. The molecule has 0 aliphatic rings. The van der Waals surface area contributed by atoms with Crippen LogP contribution >= 0.6 is 0 Å². The summed E-state index contributed by atoms with van der Waals surface area (Å²) in [7, 11) is 0. The first kappa shape index (κ1) is 19.1. The topological polar surface area (TPSA) is 100 Å². The Labute approximate surface area is 172 Å². The molecule has 148 valence electrons. The quantitative estimate of drug-likeness (QED) is 0.502. The molecular formula is C23H18N4O3. The number of amides is 1. The average molecular weight is 398 g/mol. The number of para-hydroxylation sites is 1. The highest BCUT2D eigenvalue weighted by Crippen LogP contribution is 2.21. The fourth-order valence-corrected chi connectivity index (χ4v) is 2.90. The summed E-state index contributed by atoms with van der Waals surface area (Å²) in [4.78, 5) is 28.2. The maximum absolute atomic E-state index is 12.6. The van der Waals surface area contributed by atoms with Crippen LogP contribution < -0.4 is 5.73 Å². The minimum Gasteiger partial charge on any atom is -0.455 e. The van der Waals surface area contributed by atoms with Gasteiger partial charge in [0.25, 0.3) is 5.82 Å². The van der Waals surface area contributed by atoms with Crippen molar-refractivity contribution in [2.75, 3.05) is 0 Å². The molecule has 0 aliphatic carbocycles. The summed E-state index contributed by atoms with van der Waals surface area (Å²) in [5.74, 6) is -0.644. The van der Waals surface area contributed by atoms with Gasteiger partial charge in [-0.3, -0.25) is 4.79 Å². The van der Waals surface area contributed by atoms with E-state index in [1.54, 1.807) is 28.9 Å². The fourth-order valence-electron chi connectivity index (χ4n) is 2.90. The molecule has 0 saturated heterocycles. The third-order valence-electron chi connectivity index (χ3n) is 4.43. The lowest BCUT2D eigenvalue weighted by molar-refractivity contribution is 0.0458. The summed E-state index contributed by atoms with van der Waals surface area (Å²) in [6.07, 6.45) is 0. The standard InChI is InChI=1S/C23H18N4O3/c24-20(28)17-13-11-16(12-14-17)15-30-23(29)21-25-22(18-7-3-1-4-8-18)27(26-21)19-9-5-2-6-10-19/h1-14H,15H2,(H2,24,28). The van der Waals surface area contributed by atoms with Gasteiger partial charge >= 0.3 is 5.97 Å². The van der Waals surface area contributed by atoms with Crippen molar-refractivity contribution in [2.45, 2.75) is 6.61 Å². The number of carbonyl (C=O) groups excluding carboxylic acids is 2. The lowest BCUT2D eigenvalue weighted by Crippen LogP contribution is -2.11. The molecule has 0 atom stereocenters. The molecule has 2 N–H and O–H groups in total. The number of hydrogen-bond donors (Lipinski definition) is 1. The maximum Gasteiger partial charge on any atom is 0.378 e. The molecule has 4 aromatic rings. The van der Waals surface area contributed by atoms with E-state index in [2.05, 4.69) is 10.1 Å². The Kier molecular flexibility index (Phi) is 5.34. The third-order valence-corrected chi connectivity index (χ3v) is 4.43. The largest absolute Gasteiger partial charge is 0.455 e. The molecule has 7 nitrogen and oxygen atoms in total. The normalized spacial score (nSPS) is 10.5. The smallest absolute Gasteiger partial charge is 0.378 e. The zero-order valence-corrected chi connectivity index (χ0v) is 15.9. The molecule has 0 spiro atoms. The first-order valence-corrected chi connectivity index (χ1v) is 9.25. The van der Waals surface area contributed by atoms with Crippen molar-refractivity contribution in [3.8, 4) is 17.1 Å². The van der Waals surface area contributed by atoms with Gasteiger partial charge in [0.2, 0.25) is 5.91 Å². The second-order valence-corrected chi connectivity index (χ2v) is 6.51. The number of ether oxygens (including phenoxy) is 1. The minimum atomic E-state index is -0.638. The molecule has 7 heteroatoms. The highest BCUT2D eigenvalue weighted by atomic mass is 16.5. The van der Waals surface area contributed by atoms with Gasteiger partial charge in [-0.25, -0.2) is 14.5 Å². The lowest BCUT2D eigenvalue weighted by atomic mass is 10.1. The van der Waals surface area contributed by atoms with Crippen LogP contribution in [0.1, 0.15) is 26.5 Å². The average Bonchev–Trinajstić information content (AvgIpc) is 3.24. The Hall–Kier alpha value is -4.26. The molecule has 30 heavy (non-hydrogen) atoms.